The van der Waals surface area contributed by atoms with Gasteiger partial charge in [-0.25, -0.2) is 4.98 Å². The molecule has 0 radical (unpaired) electrons. The molecule has 2 aromatic rings. The molecule has 0 N–H and O–H groups in total. The molecule has 0 aliphatic carbocycles. The molecule has 1 fully saturated rings. The zero-order valence-electron chi connectivity index (χ0n) is 12.0. The Labute approximate surface area is 128 Å². The van der Waals surface area contributed by atoms with Crippen LogP contribution in [0.4, 0.5) is 5.82 Å². The van der Waals surface area contributed by atoms with E-state index in [9.17, 15) is 9.59 Å². The fraction of sp³-hybridized carbons (Fsp3) is 0.235. The molecule has 2 aliphatic heterocycles. The molecular weight excluding hydrogens is 278 g/mol. The van der Waals surface area contributed by atoms with Crippen LogP contribution in [-0.2, 0) is 22.6 Å². The van der Waals surface area contributed by atoms with E-state index in [4.69, 9.17) is 0 Å². The van der Waals surface area contributed by atoms with Crippen molar-refractivity contribution in [1.82, 2.24) is 9.88 Å². The van der Waals surface area contributed by atoms with Gasteiger partial charge in [-0.1, -0.05) is 36.4 Å². The van der Waals surface area contributed by atoms with E-state index in [0.717, 1.165) is 11.1 Å². The predicted octanol–water partition coefficient (Wildman–Crippen LogP) is 1.38. The zero-order valence-corrected chi connectivity index (χ0v) is 12.0. The maximum atomic E-state index is 12.7. The molecule has 1 aromatic heterocycles. The Morgan fingerprint density at radius 3 is 2.73 bits per heavy atom. The molecule has 0 spiro atoms. The number of pyridine rings is 1. The van der Waals surface area contributed by atoms with Crippen molar-refractivity contribution in [3.05, 3.63) is 59.8 Å². The first-order valence-electron chi connectivity index (χ1n) is 7.33. The first kappa shape index (κ1) is 13.0. The quantitative estimate of drug-likeness (QED) is 0.840. The number of piperazine rings is 1. The summed E-state index contributed by atoms with van der Waals surface area (Å²) in [4.78, 5) is 32.7. The standard InChI is InChI=1S/C17H15N3O2/c21-15-11-19(10-12-5-2-1-3-6-12)17(22)14-9-13-7-4-8-18-16(13)20(14)15/h1-8,14H,9-11H2. The summed E-state index contributed by atoms with van der Waals surface area (Å²) < 4.78 is 0. The third kappa shape index (κ3) is 1.97. The second kappa shape index (κ2) is 4.94. The van der Waals surface area contributed by atoms with Crippen LogP contribution in [0.15, 0.2) is 48.7 Å². The van der Waals surface area contributed by atoms with Gasteiger partial charge in [0, 0.05) is 19.2 Å². The number of carbonyl (C=O) groups excluding carboxylic acids is 2. The van der Waals surface area contributed by atoms with Crippen molar-refractivity contribution >= 4 is 17.6 Å². The minimum atomic E-state index is -0.435. The van der Waals surface area contributed by atoms with Crippen LogP contribution in [0.5, 0.6) is 0 Å². The average molecular weight is 293 g/mol. The van der Waals surface area contributed by atoms with Crippen LogP contribution < -0.4 is 4.90 Å². The molecule has 2 aliphatic rings. The molecule has 110 valence electrons. The highest BCUT2D eigenvalue weighted by molar-refractivity contribution is 6.08. The summed E-state index contributed by atoms with van der Waals surface area (Å²) in [5.41, 5.74) is 2.00. The maximum Gasteiger partial charge on any atom is 0.248 e. The lowest BCUT2D eigenvalue weighted by molar-refractivity contribution is -0.141. The molecule has 2 amide bonds. The number of rotatable bonds is 2. The van der Waals surface area contributed by atoms with Gasteiger partial charge in [0.1, 0.15) is 18.4 Å². The number of hydrogen-bond acceptors (Lipinski definition) is 3. The summed E-state index contributed by atoms with van der Waals surface area (Å²) in [7, 11) is 0. The van der Waals surface area contributed by atoms with Crippen molar-refractivity contribution in [1.29, 1.82) is 0 Å². The zero-order chi connectivity index (χ0) is 15.1. The SMILES string of the molecule is O=C1C2Cc3cccnc3N2C(=O)CN1Cc1ccccc1. The third-order valence-corrected chi connectivity index (χ3v) is 4.23. The number of anilines is 1. The van der Waals surface area contributed by atoms with E-state index in [1.165, 1.54) is 0 Å². The van der Waals surface area contributed by atoms with Crippen LogP contribution in [0.25, 0.3) is 0 Å². The van der Waals surface area contributed by atoms with Crippen molar-refractivity contribution in [2.24, 2.45) is 0 Å². The summed E-state index contributed by atoms with van der Waals surface area (Å²) in [5.74, 6) is 0.588. The number of fused-ring (bicyclic) bond motifs is 3. The molecule has 1 atom stereocenters. The summed E-state index contributed by atoms with van der Waals surface area (Å²) in [6, 6.07) is 13.1. The highest BCUT2D eigenvalue weighted by atomic mass is 16.2. The smallest absolute Gasteiger partial charge is 0.248 e. The summed E-state index contributed by atoms with van der Waals surface area (Å²) >= 11 is 0. The van der Waals surface area contributed by atoms with Crippen LogP contribution in [0.3, 0.4) is 0 Å². The van der Waals surface area contributed by atoms with Crippen molar-refractivity contribution in [3.8, 4) is 0 Å². The molecule has 5 heteroatoms. The normalized spacial score (nSPS) is 20.1. The fourth-order valence-electron chi connectivity index (χ4n) is 3.21. The Balaban J connectivity index is 1.62. The van der Waals surface area contributed by atoms with Gasteiger partial charge in [-0.3, -0.25) is 14.5 Å². The summed E-state index contributed by atoms with van der Waals surface area (Å²) in [6.07, 6.45) is 2.22. The largest absolute Gasteiger partial charge is 0.327 e. The van der Waals surface area contributed by atoms with E-state index in [2.05, 4.69) is 4.98 Å². The molecule has 3 heterocycles. The van der Waals surface area contributed by atoms with E-state index >= 15 is 0 Å². The molecular formula is C17H15N3O2. The van der Waals surface area contributed by atoms with E-state index in [-0.39, 0.29) is 18.4 Å². The number of benzene rings is 1. The van der Waals surface area contributed by atoms with E-state index in [0.29, 0.717) is 18.8 Å². The van der Waals surface area contributed by atoms with Gasteiger partial charge < -0.3 is 4.90 Å². The Morgan fingerprint density at radius 2 is 1.91 bits per heavy atom. The molecule has 4 rings (SSSR count). The topological polar surface area (TPSA) is 53.5 Å². The average Bonchev–Trinajstić information content (AvgIpc) is 2.93. The van der Waals surface area contributed by atoms with E-state index in [1.54, 1.807) is 16.0 Å². The number of amides is 2. The number of hydrogen-bond donors (Lipinski definition) is 0. The first-order chi connectivity index (χ1) is 10.7. The third-order valence-electron chi connectivity index (χ3n) is 4.23. The fourth-order valence-corrected chi connectivity index (χ4v) is 3.21. The van der Waals surface area contributed by atoms with Gasteiger partial charge in [-0.15, -0.1) is 0 Å². The monoisotopic (exact) mass is 293 g/mol. The lowest BCUT2D eigenvalue weighted by Gasteiger charge is -2.36. The lowest BCUT2D eigenvalue weighted by Crippen LogP contribution is -2.58. The molecule has 0 bridgehead atoms. The number of carbonyl (C=O) groups is 2. The van der Waals surface area contributed by atoms with Gasteiger partial charge in [0.05, 0.1) is 0 Å². The van der Waals surface area contributed by atoms with E-state index < -0.39 is 6.04 Å². The highest BCUT2D eigenvalue weighted by Crippen LogP contribution is 2.33. The van der Waals surface area contributed by atoms with Gasteiger partial charge in [-0.2, -0.15) is 0 Å². The van der Waals surface area contributed by atoms with Crippen molar-refractivity contribution < 1.29 is 9.59 Å². The molecule has 22 heavy (non-hydrogen) atoms. The molecule has 5 nitrogen and oxygen atoms in total. The Kier molecular flexibility index (Phi) is 2.92. The molecule has 1 aromatic carbocycles. The van der Waals surface area contributed by atoms with Gasteiger partial charge in [0.15, 0.2) is 0 Å². The van der Waals surface area contributed by atoms with Crippen molar-refractivity contribution in [3.63, 3.8) is 0 Å². The van der Waals surface area contributed by atoms with Crippen molar-refractivity contribution in [2.75, 3.05) is 11.4 Å². The van der Waals surface area contributed by atoms with Crippen LogP contribution in [0.2, 0.25) is 0 Å². The molecule has 1 unspecified atom stereocenters. The first-order valence-corrected chi connectivity index (χ1v) is 7.33. The van der Waals surface area contributed by atoms with Gasteiger partial charge in [0.2, 0.25) is 11.8 Å². The Bertz CT molecular complexity index is 745. The Hall–Kier alpha value is -2.69. The molecule has 1 saturated heterocycles. The van der Waals surface area contributed by atoms with Crippen LogP contribution in [0, 0.1) is 0 Å². The second-order valence-electron chi connectivity index (χ2n) is 5.65. The predicted molar refractivity (Wildman–Crippen MR) is 81.1 cm³/mol. The summed E-state index contributed by atoms with van der Waals surface area (Å²) in [6.45, 7) is 0.583. The Morgan fingerprint density at radius 1 is 1.09 bits per heavy atom. The van der Waals surface area contributed by atoms with Gasteiger partial charge in [-0.05, 0) is 17.2 Å². The number of aromatic nitrogens is 1. The number of nitrogens with zero attached hydrogens (tertiary/aromatic N) is 3. The van der Waals surface area contributed by atoms with Crippen LogP contribution in [-0.4, -0.2) is 34.3 Å². The maximum absolute atomic E-state index is 12.7. The lowest BCUT2D eigenvalue weighted by atomic mass is 10.1. The molecule has 0 saturated carbocycles. The second-order valence-corrected chi connectivity index (χ2v) is 5.65. The van der Waals surface area contributed by atoms with Crippen LogP contribution in [0.1, 0.15) is 11.1 Å². The highest BCUT2D eigenvalue weighted by Gasteiger charge is 2.45. The van der Waals surface area contributed by atoms with Crippen molar-refractivity contribution in [2.45, 2.75) is 19.0 Å². The van der Waals surface area contributed by atoms with E-state index in [1.807, 2.05) is 42.5 Å². The van der Waals surface area contributed by atoms with Crippen LogP contribution >= 0.6 is 0 Å². The minimum absolute atomic E-state index is 0.00135. The van der Waals surface area contributed by atoms with Gasteiger partial charge in [0.25, 0.3) is 0 Å². The minimum Gasteiger partial charge on any atom is -0.327 e. The summed E-state index contributed by atoms with van der Waals surface area (Å²) in [5, 5.41) is 0. The van der Waals surface area contributed by atoms with Gasteiger partial charge >= 0.3 is 0 Å².